The third-order valence-corrected chi connectivity index (χ3v) is 1.46. The lowest BCUT2D eigenvalue weighted by Gasteiger charge is -2.13. The van der Waals surface area contributed by atoms with Gasteiger partial charge in [-0.2, -0.15) is 0 Å². The van der Waals surface area contributed by atoms with Crippen LogP contribution in [0.5, 0.6) is 0 Å². The number of nitrogens with two attached hydrogens (primary N) is 2. The third-order valence-electron chi connectivity index (χ3n) is 1.46. The third kappa shape index (κ3) is 2.27. The largest absolute Gasteiger partial charge is 0.401 e. The van der Waals surface area contributed by atoms with Crippen LogP contribution in [0, 0.1) is 5.92 Å². The lowest BCUT2D eigenvalue weighted by molar-refractivity contribution is 0.651. The van der Waals surface area contributed by atoms with E-state index in [1.54, 1.807) is 0 Å². The highest BCUT2D eigenvalue weighted by atomic mass is 15.2. The first-order valence-electron chi connectivity index (χ1n) is 3.58. The summed E-state index contributed by atoms with van der Waals surface area (Å²) in [6, 6.07) is 0. The predicted octanol–water partition coefficient (Wildman–Crippen LogP) is 0.686. The molecule has 5 N–H and O–H groups in total. The quantitative estimate of drug-likeness (QED) is 0.402. The summed E-state index contributed by atoms with van der Waals surface area (Å²) in [5, 5.41) is 0. The summed E-state index contributed by atoms with van der Waals surface area (Å²) in [6.45, 7) is 6.12. The molecule has 10 heavy (non-hydrogen) atoms. The molecule has 3 nitrogen and oxygen atoms in total. The van der Waals surface area contributed by atoms with E-state index in [1.807, 2.05) is 6.92 Å². The van der Waals surface area contributed by atoms with Gasteiger partial charge in [0.1, 0.15) is 0 Å². The molecule has 0 heterocycles. The summed E-state index contributed by atoms with van der Waals surface area (Å²) in [4.78, 5) is 0. The molecule has 0 aromatic rings. The number of hydrogen-bond donors (Lipinski definition) is 3. The fraction of sp³-hybridized carbons (Fsp3) is 0.714. The Morgan fingerprint density at radius 2 is 2.00 bits per heavy atom. The minimum Gasteiger partial charge on any atom is -0.401 e. The summed E-state index contributed by atoms with van der Waals surface area (Å²) in [6.07, 6.45) is 0.845. The number of hydrazine groups is 1. The van der Waals surface area contributed by atoms with Crippen molar-refractivity contribution in [3.05, 3.63) is 11.4 Å². The topological polar surface area (TPSA) is 64.1 Å². The maximum Gasteiger partial charge on any atom is 0.0471 e. The first-order valence-corrected chi connectivity index (χ1v) is 3.58. The van der Waals surface area contributed by atoms with Gasteiger partial charge in [0.15, 0.2) is 0 Å². The Morgan fingerprint density at radius 3 is 2.10 bits per heavy atom. The molecule has 0 atom stereocenters. The van der Waals surface area contributed by atoms with Crippen molar-refractivity contribution in [1.29, 1.82) is 0 Å². The van der Waals surface area contributed by atoms with Gasteiger partial charge in [-0.1, -0.05) is 20.8 Å². The summed E-state index contributed by atoms with van der Waals surface area (Å²) in [5.74, 6) is 5.64. The van der Waals surface area contributed by atoms with E-state index in [1.165, 1.54) is 0 Å². The summed E-state index contributed by atoms with van der Waals surface area (Å²) in [5.41, 5.74) is 10.1. The van der Waals surface area contributed by atoms with Gasteiger partial charge < -0.3 is 11.2 Å². The number of hydrogen-bond acceptors (Lipinski definition) is 3. The van der Waals surface area contributed by atoms with E-state index in [0.717, 1.165) is 17.8 Å². The maximum absolute atomic E-state index is 5.67. The normalized spacial score (nSPS) is 13.3. The van der Waals surface area contributed by atoms with Crippen molar-refractivity contribution in [3.63, 3.8) is 0 Å². The van der Waals surface area contributed by atoms with Crippen LogP contribution in [-0.2, 0) is 0 Å². The molecule has 0 fully saturated rings. The highest BCUT2D eigenvalue weighted by Gasteiger charge is 2.03. The molecule has 0 aromatic carbocycles. The Morgan fingerprint density at radius 1 is 1.50 bits per heavy atom. The van der Waals surface area contributed by atoms with E-state index in [0.29, 0.717) is 5.92 Å². The van der Waals surface area contributed by atoms with Crippen LogP contribution < -0.4 is 17.0 Å². The van der Waals surface area contributed by atoms with E-state index in [9.17, 15) is 0 Å². The van der Waals surface area contributed by atoms with E-state index in [2.05, 4.69) is 19.3 Å². The molecule has 0 saturated heterocycles. The molecule has 0 unspecified atom stereocenters. The van der Waals surface area contributed by atoms with Crippen molar-refractivity contribution < 1.29 is 0 Å². The minimum absolute atomic E-state index is 0.380. The first kappa shape index (κ1) is 9.30. The fourth-order valence-corrected chi connectivity index (χ4v) is 0.821. The molecule has 60 valence electrons. The van der Waals surface area contributed by atoms with Crippen molar-refractivity contribution in [2.24, 2.45) is 17.5 Å². The van der Waals surface area contributed by atoms with Gasteiger partial charge in [-0.3, -0.25) is 5.84 Å². The van der Waals surface area contributed by atoms with Crippen molar-refractivity contribution in [2.45, 2.75) is 27.2 Å². The van der Waals surface area contributed by atoms with Gasteiger partial charge >= 0.3 is 0 Å². The molecule has 0 bridgehead atoms. The Labute approximate surface area is 62.4 Å². The van der Waals surface area contributed by atoms with Crippen LogP contribution in [0.1, 0.15) is 27.2 Å². The smallest absolute Gasteiger partial charge is 0.0471 e. The zero-order valence-corrected chi connectivity index (χ0v) is 6.94. The molecule has 0 saturated carbocycles. The second-order valence-corrected chi connectivity index (χ2v) is 2.59. The number of allylic oxidation sites excluding steroid dienone is 2. The summed E-state index contributed by atoms with van der Waals surface area (Å²) < 4.78 is 0. The van der Waals surface area contributed by atoms with Crippen LogP contribution in [0.4, 0.5) is 0 Å². The molecule has 0 rings (SSSR count). The van der Waals surface area contributed by atoms with Crippen LogP contribution in [-0.4, -0.2) is 0 Å². The molecule has 0 aliphatic rings. The molecule has 3 heteroatoms. The second kappa shape index (κ2) is 4.17. The van der Waals surface area contributed by atoms with Crippen molar-refractivity contribution in [2.75, 3.05) is 0 Å². The second-order valence-electron chi connectivity index (χ2n) is 2.59. The van der Waals surface area contributed by atoms with Gasteiger partial charge in [0.05, 0.1) is 0 Å². The van der Waals surface area contributed by atoms with E-state index >= 15 is 0 Å². The Kier molecular flexibility index (Phi) is 3.88. The average Bonchev–Trinajstić information content (AvgIpc) is 1.88. The standard InChI is InChI=1S/C7H17N3/c1-4-6(8)7(10-9)5(2)3/h5,10H,4,8-9H2,1-3H3/b7-6-. The van der Waals surface area contributed by atoms with E-state index in [4.69, 9.17) is 11.6 Å². The molecule has 0 aliphatic carbocycles. The average molecular weight is 143 g/mol. The van der Waals surface area contributed by atoms with Crippen LogP contribution in [0.2, 0.25) is 0 Å². The molecular weight excluding hydrogens is 126 g/mol. The van der Waals surface area contributed by atoms with Gasteiger partial charge in [-0.05, 0) is 12.3 Å². The molecule has 0 spiro atoms. The van der Waals surface area contributed by atoms with Gasteiger partial charge in [-0.15, -0.1) is 0 Å². The highest BCUT2D eigenvalue weighted by molar-refractivity contribution is 5.09. The SMILES string of the molecule is CC/C(N)=C(/NN)C(C)C. The highest BCUT2D eigenvalue weighted by Crippen LogP contribution is 2.08. The van der Waals surface area contributed by atoms with Gasteiger partial charge in [0.25, 0.3) is 0 Å². The van der Waals surface area contributed by atoms with Crippen LogP contribution in [0.25, 0.3) is 0 Å². The monoisotopic (exact) mass is 143 g/mol. The molecule has 0 radical (unpaired) electrons. The summed E-state index contributed by atoms with van der Waals surface area (Å²) in [7, 11) is 0. The molecular formula is C7H17N3. The number of nitrogens with one attached hydrogen (secondary N) is 1. The lowest BCUT2D eigenvalue weighted by Crippen LogP contribution is -2.27. The first-order chi connectivity index (χ1) is 4.63. The Balaban J connectivity index is 4.29. The summed E-state index contributed by atoms with van der Waals surface area (Å²) >= 11 is 0. The fourth-order valence-electron chi connectivity index (χ4n) is 0.821. The zero-order valence-electron chi connectivity index (χ0n) is 6.94. The predicted molar refractivity (Wildman–Crippen MR) is 43.7 cm³/mol. The minimum atomic E-state index is 0.380. The van der Waals surface area contributed by atoms with Crippen molar-refractivity contribution in [3.8, 4) is 0 Å². The molecule has 0 aromatic heterocycles. The van der Waals surface area contributed by atoms with Crippen LogP contribution in [0.15, 0.2) is 11.4 Å². The van der Waals surface area contributed by atoms with Crippen molar-refractivity contribution >= 4 is 0 Å². The van der Waals surface area contributed by atoms with Crippen LogP contribution in [0.3, 0.4) is 0 Å². The Hall–Kier alpha value is -0.700. The van der Waals surface area contributed by atoms with E-state index < -0.39 is 0 Å². The lowest BCUT2D eigenvalue weighted by atomic mass is 10.1. The van der Waals surface area contributed by atoms with Gasteiger partial charge in [-0.25, -0.2) is 0 Å². The number of rotatable bonds is 3. The van der Waals surface area contributed by atoms with Gasteiger partial charge in [0.2, 0.25) is 0 Å². The van der Waals surface area contributed by atoms with E-state index in [-0.39, 0.29) is 0 Å². The van der Waals surface area contributed by atoms with Gasteiger partial charge in [0, 0.05) is 11.4 Å². The Bertz CT molecular complexity index is 127. The zero-order chi connectivity index (χ0) is 8.15. The molecule has 0 amide bonds. The van der Waals surface area contributed by atoms with Crippen molar-refractivity contribution in [1.82, 2.24) is 5.43 Å². The maximum atomic E-state index is 5.67. The molecule has 0 aliphatic heterocycles. The van der Waals surface area contributed by atoms with Crippen LogP contribution >= 0.6 is 0 Å².